The molecule has 0 bridgehead atoms. The van der Waals surface area contributed by atoms with Crippen molar-refractivity contribution in [2.75, 3.05) is 0 Å². The summed E-state index contributed by atoms with van der Waals surface area (Å²) < 4.78 is 28.1. The Balaban J connectivity index is 2.64. The van der Waals surface area contributed by atoms with Gasteiger partial charge in [0.2, 0.25) is 0 Å². The zero-order chi connectivity index (χ0) is 12.6. The Morgan fingerprint density at radius 3 is 2.29 bits per heavy atom. The van der Waals surface area contributed by atoms with Gasteiger partial charge in [-0.05, 0) is 37.3 Å². The van der Waals surface area contributed by atoms with E-state index in [4.69, 9.17) is 26.7 Å². The quantitative estimate of drug-likeness (QED) is 0.790. The van der Waals surface area contributed by atoms with Crippen molar-refractivity contribution in [1.82, 2.24) is 0 Å². The molecule has 90 valence electrons. The first kappa shape index (κ1) is 12.5. The molecule has 0 amide bonds. The lowest BCUT2D eigenvalue weighted by Crippen LogP contribution is -1.90. The third-order valence-corrected chi connectivity index (χ3v) is 3.77. The summed E-state index contributed by atoms with van der Waals surface area (Å²) in [5.41, 5.74) is 0.613. The molecule has 3 nitrogen and oxygen atoms in total. The van der Waals surface area contributed by atoms with Gasteiger partial charge in [-0.1, -0.05) is 11.6 Å². The van der Waals surface area contributed by atoms with Gasteiger partial charge in [-0.3, -0.25) is 0 Å². The number of rotatable bonds is 2. The Morgan fingerprint density at radius 2 is 1.76 bits per heavy atom. The van der Waals surface area contributed by atoms with Gasteiger partial charge >= 0.3 is 0 Å². The first-order valence-corrected chi connectivity index (χ1v) is 7.38. The van der Waals surface area contributed by atoms with Crippen LogP contribution in [0.4, 0.5) is 0 Å². The van der Waals surface area contributed by atoms with Crippen LogP contribution in [0.5, 0.6) is 0 Å². The minimum absolute atomic E-state index is 0.0287. The van der Waals surface area contributed by atoms with E-state index in [0.717, 1.165) is 0 Å². The van der Waals surface area contributed by atoms with Crippen molar-refractivity contribution in [2.24, 2.45) is 0 Å². The van der Waals surface area contributed by atoms with Gasteiger partial charge in [-0.25, -0.2) is 8.42 Å². The smallest absolute Gasteiger partial charge is 0.265 e. The number of hydrogen-bond acceptors (Lipinski definition) is 3. The SMILES string of the molecule is Cc1cc(S(=O)(=O)Cl)c(-c2ccc(Cl)cc2)o1. The Labute approximate surface area is 108 Å². The van der Waals surface area contributed by atoms with E-state index in [0.29, 0.717) is 16.3 Å². The summed E-state index contributed by atoms with van der Waals surface area (Å²) in [5, 5.41) is 0.562. The van der Waals surface area contributed by atoms with E-state index in [2.05, 4.69) is 0 Å². The second kappa shape index (κ2) is 4.37. The molecule has 6 heteroatoms. The van der Waals surface area contributed by atoms with Crippen molar-refractivity contribution < 1.29 is 12.8 Å². The van der Waals surface area contributed by atoms with Crippen LogP contribution >= 0.6 is 22.3 Å². The second-order valence-electron chi connectivity index (χ2n) is 3.50. The van der Waals surface area contributed by atoms with E-state index in [1.54, 1.807) is 31.2 Å². The molecule has 0 aliphatic carbocycles. The first-order valence-electron chi connectivity index (χ1n) is 4.69. The van der Waals surface area contributed by atoms with Gasteiger partial charge in [-0.2, -0.15) is 0 Å². The molecule has 0 atom stereocenters. The Hall–Kier alpha value is -0.970. The Morgan fingerprint density at radius 1 is 1.18 bits per heavy atom. The summed E-state index contributed by atoms with van der Waals surface area (Å²) in [7, 11) is 1.52. The van der Waals surface area contributed by atoms with E-state index in [1.807, 2.05) is 0 Å². The van der Waals surface area contributed by atoms with Crippen molar-refractivity contribution in [3.63, 3.8) is 0 Å². The summed E-state index contributed by atoms with van der Waals surface area (Å²) in [6.45, 7) is 1.66. The molecular formula is C11H8Cl2O3S. The highest BCUT2D eigenvalue weighted by Gasteiger charge is 2.21. The van der Waals surface area contributed by atoms with Crippen LogP contribution in [0.1, 0.15) is 5.76 Å². The average molecular weight is 291 g/mol. The molecule has 1 aromatic heterocycles. The Bertz CT molecular complexity index is 642. The van der Waals surface area contributed by atoms with Crippen LogP contribution in [0, 0.1) is 6.92 Å². The van der Waals surface area contributed by atoms with E-state index in [-0.39, 0.29) is 10.7 Å². The number of halogens is 2. The van der Waals surface area contributed by atoms with Crippen LogP contribution in [-0.4, -0.2) is 8.42 Å². The highest BCUT2D eigenvalue weighted by Crippen LogP contribution is 2.33. The summed E-state index contributed by atoms with van der Waals surface area (Å²) in [5.74, 6) is 0.711. The number of benzene rings is 1. The van der Waals surface area contributed by atoms with Gasteiger partial charge in [0.15, 0.2) is 5.76 Å². The topological polar surface area (TPSA) is 47.3 Å². The van der Waals surface area contributed by atoms with E-state index in [9.17, 15) is 8.42 Å². The minimum atomic E-state index is -3.83. The molecule has 0 unspecified atom stereocenters. The monoisotopic (exact) mass is 290 g/mol. The average Bonchev–Trinajstić information content (AvgIpc) is 2.61. The van der Waals surface area contributed by atoms with E-state index >= 15 is 0 Å². The summed E-state index contributed by atoms with van der Waals surface area (Å²) >= 11 is 5.76. The fourth-order valence-corrected chi connectivity index (χ4v) is 2.63. The minimum Gasteiger partial charge on any atom is -0.460 e. The molecule has 0 fully saturated rings. The lowest BCUT2D eigenvalue weighted by atomic mass is 10.2. The molecule has 0 saturated heterocycles. The Kier molecular flexibility index (Phi) is 3.21. The normalized spacial score (nSPS) is 11.7. The van der Waals surface area contributed by atoms with Crippen molar-refractivity contribution in [2.45, 2.75) is 11.8 Å². The van der Waals surface area contributed by atoms with Gasteiger partial charge in [0.1, 0.15) is 10.7 Å². The molecule has 0 N–H and O–H groups in total. The molecule has 0 spiro atoms. The van der Waals surface area contributed by atoms with Crippen molar-refractivity contribution in [1.29, 1.82) is 0 Å². The molecule has 0 aliphatic heterocycles. The zero-order valence-corrected chi connectivity index (χ0v) is 11.1. The van der Waals surface area contributed by atoms with E-state index < -0.39 is 9.05 Å². The maximum absolute atomic E-state index is 11.4. The third-order valence-electron chi connectivity index (χ3n) is 2.19. The lowest BCUT2D eigenvalue weighted by Gasteiger charge is -1.99. The predicted octanol–water partition coefficient (Wildman–Crippen LogP) is 3.84. The van der Waals surface area contributed by atoms with Crippen molar-refractivity contribution in [3.8, 4) is 11.3 Å². The van der Waals surface area contributed by atoms with Crippen LogP contribution < -0.4 is 0 Å². The van der Waals surface area contributed by atoms with Gasteiger partial charge in [0, 0.05) is 21.3 Å². The standard InChI is InChI=1S/C11H8Cl2O3S/c1-7-6-10(17(13,14)15)11(16-7)8-2-4-9(12)5-3-8/h2-6H,1H3. The van der Waals surface area contributed by atoms with Crippen molar-refractivity contribution >= 4 is 31.3 Å². The van der Waals surface area contributed by atoms with Gasteiger partial charge in [-0.15, -0.1) is 0 Å². The molecule has 0 saturated carbocycles. The molecule has 1 aromatic carbocycles. The lowest BCUT2D eigenvalue weighted by molar-refractivity contribution is 0.543. The number of furan rings is 1. The maximum Gasteiger partial charge on any atom is 0.265 e. The molecule has 2 rings (SSSR count). The highest BCUT2D eigenvalue weighted by molar-refractivity contribution is 8.13. The van der Waals surface area contributed by atoms with Gasteiger partial charge < -0.3 is 4.42 Å². The molecule has 1 heterocycles. The largest absolute Gasteiger partial charge is 0.460 e. The van der Waals surface area contributed by atoms with Gasteiger partial charge in [0.25, 0.3) is 9.05 Å². The molecule has 2 aromatic rings. The van der Waals surface area contributed by atoms with Crippen LogP contribution in [0.3, 0.4) is 0 Å². The summed E-state index contributed by atoms with van der Waals surface area (Å²) in [6, 6.07) is 8.05. The highest BCUT2D eigenvalue weighted by atomic mass is 35.7. The van der Waals surface area contributed by atoms with Crippen LogP contribution in [0.25, 0.3) is 11.3 Å². The van der Waals surface area contributed by atoms with Crippen molar-refractivity contribution in [3.05, 3.63) is 41.1 Å². The number of aryl methyl sites for hydroxylation is 1. The second-order valence-corrected chi connectivity index (χ2v) is 6.47. The molecule has 0 radical (unpaired) electrons. The summed E-state index contributed by atoms with van der Waals surface area (Å²) in [4.78, 5) is -0.0287. The molecule has 17 heavy (non-hydrogen) atoms. The fourth-order valence-electron chi connectivity index (χ4n) is 1.47. The van der Waals surface area contributed by atoms with Crippen LogP contribution in [-0.2, 0) is 9.05 Å². The van der Waals surface area contributed by atoms with E-state index in [1.165, 1.54) is 6.07 Å². The van der Waals surface area contributed by atoms with Gasteiger partial charge in [0.05, 0.1) is 0 Å². The van der Waals surface area contributed by atoms with Crippen LogP contribution in [0.2, 0.25) is 5.02 Å². The zero-order valence-electron chi connectivity index (χ0n) is 8.78. The molecule has 0 aliphatic rings. The summed E-state index contributed by atoms with van der Waals surface area (Å²) in [6.07, 6.45) is 0. The molecular weight excluding hydrogens is 283 g/mol. The maximum atomic E-state index is 11.4. The first-order chi connectivity index (χ1) is 7.88. The number of hydrogen-bond donors (Lipinski definition) is 0. The predicted molar refractivity (Wildman–Crippen MR) is 66.9 cm³/mol. The fraction of sp³-hybridized carbons (Fsp3) is 0.0909. The third kappa shape index (κ3) is 2.65. The van der Waals surface area contributed by atoms with Crippen LogP contribution in [0.15, 0.2) is 39.6 Å².